The molecule has 1 N–H and O–H groups in total. The summed E-state index contributed by atoms with van der Waals surface area (Å²) in [6.45, 7) is 2.26. The van der Waals surface area contributed by atoms with E-state index in [2.05, 4.69) is 41.2 Å². The van der Waals surface area contributed by atoms with Crippen molar-refractivity contribution in [1.82, 2.24) is 9.88 Å². The zero-order valence-electron chi connectivity index (χ0n) is 9.09. The van der Waals surface area contributed by atoms with Crippen molar-refractivity contribution in [3.05, 3.63) is 35.5 Å². The molecule has 0 radical (unpaired) electrons. The van der Waals surface area contributed by atoms with Crippen molar-refractivity contribution in [3.8, 4) is 0 Å². The third-order valence-electron chi connectivity index (χ3n) is 3.30. The van der Waals surface area contributed by atoms with E-state index in [0.29, 0.717) is 0 Å². The van der Waals surface area contributed by atoms with Crippen LogP contribution in [0.4, 0.5) is 0 Å². The third-order valence-corrected chi connectivity index (χ3v) is 3.30. The molecule has 2 aromatic rings. The highest BCUT2D eigenvalue weighted by Crippen LogP contribution is 2.26. The standard InChI is InChI=1S/C13H16N2.H2/c1-15-8-4-6-11-10-5-2-3-7-12(10)14-13(11)9-15;/h2-3,5,7,14H,4,6,8-9H2,1H3;1H. The van der Waals surface area contributed by atoms with Gasteiger partial charge in [-0.15, -0.1) is 0 Å². The minimum atomic E-state index is 0. The van der Waals surface area contributed by atoms with E-state index in [1.165, 1.54) is 41.5 Å². The van der Waals surface area contributed by atoms with Crippen LogP contribution < -0.4 is 0 Å². The Labute approximate surface area is 91.4 Å². The van der Waals surface area contributed by atoms with Crippen molar-refractivity contribution in [2.24, 2.45) is 0 Å². The van der Waals surface area contributed by atoms with E-state index in [9.17, 15) is 0 Å². The second-order valence-electron chi connectivity index (χ2n) is 4.47. The van der Waals surface area contributed by atoms with Crippen LogP contribution in [0.1, 0.15) is 19.1 Å². The molecule has 2 heterocycles. The molecule has 0 saturated heterocycles. The first kappa shape index (κ1) is 8.98. The molecular formula is C13H18N2. The Kier molecular flexibility index (Phi) is 2.03. The molecule has 80 valence electrons. The molecular weight excluding hydrogens is 184 g/mol. The summed E-state index contributed by atoms with van der Waals surface area (Å²) in [5.74, 6) is 0. The summed E-state index contributed by atoms with van der Waals surface area (Å²) in [5, 5.41) is 1.42. The van der Waals surface area contributed by atoms with Gasteiger partial charge in [0.05, 0.1) is 0 Å². The van der Waals surface area contributed by atoms with Crippen molar-refractivity contribution in [2.45, 2.75) is 19.4 Å². The SMILES string of the molecule is CN1CCCc2c([nH]c3ccccc23)C1.[HH]. The molecule has 0 atom stereocenters. The Morgan fingerprint density at radius 1 is 1.33 bits per heavy atom. The summed E-state index contributed by atoms with van der Waals surface area (Å²) in [6.07, 6.45) is 2.48. The average Bonchev–Trinajstić information content (AvgIpc) is 2.46. The molecule has 1 aromatic carbocycles. The van der Waals surface area contributed by atoms with Crippen LogP contribution in [0.25, 0.3) is 10.9 Å². The highest BCUT2D eigenvalue weighted by atomic mass is 15.1. The lowest BCUT2D eigenvalue weighted by Gasteiger charge is -2.11. The molecule has 0 amide bonds. The van der Waals surface area contributed by atoms with Gasteiger partial charge in [-0.1, -0.05) is 18.2 Å². The monoisotopic (exact) mass is 202 g/mol. The van der Waals surface area contributed by atoms with Gasteiger partial charge in [0, 0.05) is 24.6 Å². The van der Waals surface area contributed by atoms with Gasteiger partial charge < -0.3 is 9.88 Å². The Morgan fingerprint density at radius 3 is 3.13 bits per heavy atom. The van der Waals surface area contributed by atoms with Crippen LogP contribution in [0.5, 0.6) is 0 Å². The van der Waals surface area contributed by atoms with Gasteiger partial charge in [-0.05, 0) is 38.1 Å². The Hall–Kier alpha value is -1.28. The second kappa shape index (κ2) is 3.38. The summed E-state index contributed by atoms with van der Waals surface area (Å²) >= 11 is 0. The van der Waals surface area contributed by atoms with Gasteiger partial charge in [-0.3, -0.25) is 0 Å². The highest BCUT2D eigenvalue weighted by Gasteiger charge is 2.15. The second-order valence-corrected chi connectivity index (χ2v) is 4.47. The van der Waals surface area contributed by atoms with Gasteiger partial charge in [0.2, 0.25) is 0 Å². The van der Waals surface area contributed by atoms with Crippen molar-refractivity contribution < 1.29 is 1.43 Å². The maximum atomic E-state index is 3.54. The molecule has 15 heavy (non-hydrogen) atoms. The number of aryl methyl sites for hydroxylation is 1. The summed E-state index contributed by atoms with van der Waals surface area (Å²) in [6, 6.07) is 8.63. The molecule has 0 unspecified atom stereocenters. The van der Waals surface area contributed by atoms with Crippen molar-refractivity contribution in [3.63, 3.8) is 0 Å². The van der Waals surface area contributed by atoms with Gasteiger partial charge in [0.25, 0.3) is 0 Å². The predicted molar refractivity (Wildman–Crippen MR) is 65.1 cm³/mol. The van der Waals surface area contributed by atoms with Crippen LogP contribution in [-0.4, -0.2) is 23.5 Å². The van der Waals surface area contributed by atoms with Gasteiger partial charge in [0.15, 0.2) is 0 Å². The van der Waals surface area contributed by atoms with E-state index < -0.39 is 0 Å². The molecule has 2 nitrogen and oxygen atoms in total. The molecule has 2 heteroatoms. The molecule has 0 fully saturated rings. The fraction of sp³-hybridized carbons (Fsp3) is 0.385. The van der Waals surface area contributed by atoms with Gasteiger partial charge in [-0.25, -0.2) is 0 Å². The van der Waals surface area contributed by atoms with E-state index in [1.54, 1.807) is 0 Å². The number of hydrogen-bond acceptors (Lipinski definition) is 1. The summed E-state index contributed by atoms with van der Waals surface area (Å²) in [4.78, 5) is 5.93. The zero-order chi connectivity index (χ0) is 10.3. The first-order valence-electron chi connectivity index (χ1n) is 5.61. The van der Waals surface area contributed by atoms with Crippen LogP contribution in [0.15, 0.2) is 24.3 Å². The van der Waals surface area contributed by atoms with Crippen LogP contribution in [0, 0.1) is 0 Å². The zero-order valence-corrected chi connectivity index (χ0v) is 9.09. The molecule has 0 spiro atoms. The largest absolute Gasteiger partial charge is 0.357 e. The fourth-order valence-corrected chi connectivity index (χ4v) is 2.55. The van der Waals surface area contributed by atoms with Crippen LogP contribution >= 0.6 is 0 Å². The molecule has 3 rings (SSSR count). The number of rotatable bonds is 0. The van der Waals surface area contributed by atoms with E-state index in [0.717, 1.165) is 6.54 Å². The van der Waals surface area contributed by atoms with E-state index in [1.807, 2.05) is 0 Å². The number of H-pyrrole nitrogens is 1. The molecule has 1 aliphatic rings. The lowest BCUT2D eigenvalue weighted by molar-refractivity contribution is 0.329. The quantitative estimate of drug-likeness (QED) is 0.696. The summed E-state index contributed by atoms with van der Waals surface area (Å²) in [7, 11) is 2.20. The average molecular weight is 202 g/mol. The third kappa shape index (κ3) is 1.45. The molecule has 0 aliphatic carbocycles. The fourth-order valence-electron chi connectivity index (χ4n) is 2.55. The summed E-state index contributed by atoms with van der Waals surface area (Å²) in [5.41, 5.74) is 4.24. The number of aromatic nitrogens is 1. The number of hydrogen-bond donors (Lipinski definition) is 1. The number of fused-ring (bicyclic) bond motifs is 3. The predicted octanol–water partition coefficient (Wildman–Crippen LogP) is 2.79. The first-order valence-corrected chi connectivity index (χ1v) is 5.61. The molecule has 0 bridgehead atoms. The number of para-hydroxylation sites is 1. The number of benzene rings is 1. The topological polar surface area (TPSA) is 19.0 Å². The van der Waals surface area contributed by atoms with Crippen molar-refractivity contribution >= 4 is 10.9 Å². The minimum Gasteiger partial charge on any atom is -0.357 e. The Morgan fingerprint density at radius 2 is 2.20 bits per heavy atom. The smallest absolute Gasteiger partial charge is 0.0459 e. The summed E-state index contributed by atoms with van der Waals surface area (Å²) < 4.78 is 0. The van der Waals surface area contributed by atoms with Crippen molar-refractivity contribution in [2.75, 3.05) is 13.6 Å². The lowest BCUT2D eigenvalue weighted by Crippen LogP contribution is -2.17. The first-order chi connectivity index (χ1) is 7.34. The lowest BCUT2D eigenvalue weighted by atomic mass is 10.1. The van der Waals surface area contributed by atoms with Crippen LogP contribution in [0.2, 0.25) is 0 Å². The van der Waals surface area contributed by atoms with E-state index in [-0.39, 0.29) is 1.43 Å². The van der Waals surface area contributed by atoms with Crippen molar-refractivity contribution in [1.29, 1.82) is 0 Å². The highest BCUT2D eigenvalue weighted by molar-refractivity contribution is 5.84. The molecule has 0 saturated carbocycles. The maximum absolute atomic E-state index is 3.54. The Balaban J connectivity index is 0.000000963. The van der Waals surface area contributed by atoms with Gasteiger partial charge in [0.1, 0.15) is 0 Å². The van der Waals surface area contributed by atoms with Crippen LogP contribution in [-0.2, 0) is 13.0 Å². The Bertz CT molecular complexity index is 490. The number of nitrogens with one attached hydrogen (secondary N) is 1. The van der Waals surface area contributed by atoms with Gasteiger partial charge in [-0.2, -0.15) is 0 Å². The number of nitrogens with zero attached hydrogens (tertiary/aromatic N) is 1. The van der Waals surface area contributed by atoms with E-state index >= 15 is 0 Å². The van der Waals surface area contributed by atoms with E-state index in [4.69, 9.17) is 0 Å². The van der Waals surface area contributed by atoms with Crippen LogP contribution in [0.3, 0.4) is 0 Å². The molecule has 1 aliphatic heterocycles. The molecule has 1 aromatic heterocycles. The van der Waals surface area contributed by atoms with Gasteiger partial charge >= 0.3 is 0 Å². The number of aromatic amines is 1. The minimum absolute atomic E-state index is 0. The maximum Gasteiger partial charge on any atom is 0.0459 e. The normalized spacial score (nSPS) is 17.7.